The van der Waals surface area contributed by atoms with Crippen molar-refractivity contribution in [1.82, 2.24) is 9.80 Å². The Kier molecular flexibility index (Phi) is 7.32. The Morgan fingerprint density at radius 1 is 1.26 bits per heavy atom. The lowest BCUT2D eigenvalue weighted by Crippen LogP contribution is -2.32. The molecule has 0 aromatic heterocycles. The first-order valence-electron chi connectivity index (χ1n) is 6.45. The van der Waals surface area contributed by atoms with Crippen LogP contribution >= 0.6 is 27.5 Å². The van der Waals surface area contributed by atoms with Gasteiger partial charge >= 0.3 is 0 Å². The molecular weight excluding hydrogens is 326 g/mol. The van der Waals surface area contributed by atoms with Crippen LogP contribution in [0.3, 0.4) is 0 Å². The number of benzene rings is 1. The highest BCUT2D eigenvalue weighted by Crippen LogP contribution is 2.29. The van der Waals surface area contributed by atoms with Crippen LogP contribution in [0.5, 0.6) is 0 Å². The van der Waals surface area contributed by atoms with Crippen LogP contribution in [0, 0.1) is 0 Å². The monoisotopic (exact) mass is 347 g/mol. The van der Waals surface area contributed by atoms with E-state index in [2.05, 4.69) is 46.9 Å². The van der Waals surface area contributed by atoms with Crippen molar-refractivity contribution >= 4 is 27.5 Å². The van der Waals surface area contributed by atoms with Crippen LogP contribution in [0.15, 0.2) is 22.7 Å². The summed E-state index contributed by atoms with van der Waals surface area (Å²) in [5.74, 6) is 0. The summed E-state index contributed by atoms with van der Waals surface area (Å²) in [7, 11) is 6.28. The summed E-state index contributed by atoms with van der Waals surface area (Å²) >= 11 is 9.74. The first-order valence-corrected chi connectivity index (χ1v) is 7.62. The summed E-state index contributed by atoms with van der Waals surface area (Å²) in [6, 6.07) is 6.15. The molecule has 0 aliphatic carbocycles. The van der Waals surface area contributed by atoms with Gasteiger partial charge < -0.3 is 10.6 Å². The Balaban J connectivity index is 2.70. The smallest absolute Gasteiger partial charge is 0.0482 e. The molecule has 5 heteroatoms. The molecule has 108 valence electrons. The van der Waals surface area contributed by atoms with Gasteiger partial charge in [-0.2, -0.15) is 0 Å². The number of halogens is 2. The Labute approximate surface area is 129 Å². The summed E-state index contributed by atoms with van der Waals surface area (Å²) in [6.07, 6.45) is 1.12. The number of nitrogens with zero attached hydrogens (tertiary/aromatic N) is 2. The van der Waals surface area contributed by atoms with Crippen molar-refractivity contribution < 1.29 is 0 Å². The maximum Gasteiger partial charge on any atom is 0.0482 e. The summed E-state index contributed by atoms with van der Waals surface area (Å²) in [4.78, 5) is 4.47. The van der Waals surface area contributed by atoms with Crippen molar-refractivity contribution in [2.24, 2.45) is 5.73 Å². The maximum atomic E-state index is 6.31. The number of hydrogen-bond acceptors (Lipinski definition) is 3. The Morgan fingerprint density at radius 3 is 2.47 bits per heavy atom. The molecule has 1 rings (SSSR count). The van der Waals surface area contributed by atoms with E-state index in [1.165, 1.54) is 0 Å². The van der Waals surface area contributed by atoms with Crippen molar-refractivity contribution in [1.29, 1.82) is 0 Å². The third kappa shape index (κ3) is 5.40. The molecule has 0 saturated carbocycles. The fraction of sp³-hybridized carbons (Fsp3) is 0.571. The predicted octanol–water partition coefficient (Wildman–Crippen LogP) is 2.99. The molecule has 0 radical (unpaired) electrons. The number of likely N-dealkylation sites (N-methyl/N-ethyl adjacent to an activating group) is 1. The first kappa shape index (κ1) is 16.9. The molecule has 1 atom stereocenters. The molecule has 1 aromatic rings. The molecule has 0 bridgehead atoms. The van der Waals surface area contributed by atoms with Gasteiger partial charge in [0.2, 0.25) is 0 Å². The topological polar surface area (TPSA) is 32.5 Å². The molecule has 0 heterocycles. The molecule has 0 spiro atoms. The number of hydrogen-bond donors (Lipinski definition) is 1. The normalized spacial score (nSPS) is 13.3. The second-order valence-corrected chi connectivity index (χ2v) is 6.38. The van der Waals surface area contributed by atoms with E-state index < -0.39 is 0 Å². The Hall–Kier alpha value is -0.130. The lowest BCUT2D eigenvalue weighted by Gasteiger charge is -2.28. The summed E-state index contributed by atoms with van der Waals surface area (Å²) < 4.78 is 0.993. The number of rotatable bonds is 7. The second-order valence-electron chi connectivity index (χ2n) is 5.05. The molecule has 0 aliphatic heterocycles. The van der Waals surface area contributed by atoms with Gasteiger partial charge in [-0.15, -0.1) is 0 Å². The van der Waals surface area contributed by atoms with Gasteiger partial charge in [0.1, 0.15) is 0 Å². The molecule has 3 nitrogen and oxygen atoms in total. The van der Waals surface area contributed by atoms with Gasteiger partial charge in [0, 0.05) is 22.1 Å². The van der Waals surface area contributed by atoms with Crippen LogP contribution in [0.1, 0.15) is 18.0 Å². The van der Waals surface area contributed by atoms with Gasteiger partial charge in [-0.3, -0.25) is 4.90 Å². The first-order chi connectivity index (χ1) is 8.95. The summed E-state index contributed by atoms with van der Waals surface area (Å²) in [6.45, 7) is 2.65. The minimum absolute atomic E-state index is 0.169. The van der Waals surface area contributed by atoms with Crippen molar-refractivity contribution in [3.8, 4) is 0 Å². The van der Waals surface area contributed by atoms with E-state index in [0.717, 1.165) is 34.6 Å². The van der Waals surface area contributed by atoms with E-state index >= 15 is 0 Å². The summed E-state index contributed by atoms with van der Waals surface area (Å²) in [5, 5.41) is 0.768. The van der Waals surface area contributed by atoms with Crippen molar-refractivity contribution in [3.05, 3.63) is 33.3 Å². The van der Waals surface area contributed by atoms with E-state index in [0.29, 0.717) is 6.54 Å². The van der Waals surface area contributed by atoms with Gasteiger partial charge in [-0.05, 0) is 58.3 Å². The average Bonchev–Trinajstić information content (AvgIpc) is 2.32. The van der Waals surface area contributed by atoms with Crippen LogP contribution in [-0.2, 0) is 0 Å². The van der Waals surface area contributed by atoms with E-state index in [-0.39, 0.29) is 6.04 Å². The average molecular weight is 349 g/mol. The maximum absolute atomic E-state index is 6.31. The van der Waals surface area contributed by atoms with Crippen molar-refractivity contribution in [2.45, 2.75) is 12.5 Å². The Morgan fingerprint density at radius 2 is 1.95 bits per heavy atom. The van der Waals surface area contributed by atoms with Crippen molar-refractivity contribution in [3.63, 3.8) is 0 Å². The standard InChI is InChI=1S/C14H23BrClN3/c1-18(2)7-4-8-19(3)14(10-17)12-6-5-11(15)9-13(12)16/h5-6,9,14H,4,7-8,10,17H2,1-3H3. The van der Waals surface area contributed by atoms with Crippen LogP contribution in [-0.4, -0.2) is 50.6 Å². The molecule has 1 unspecified atom stereocenters. The van der Waals surface area contributed by atoms with Crippen LogP contribution in [0.2, 0.25) is 5.02 Å². The molecular formula is C14H23BrClN3. The van der Waals surface area contributed by atoms with Gasteiger partial charge in [-0.1, -0.05) is 33.6 Å². The molecule has 0 amide bonds. The third-order valence-electron chi connectivity index (χ3n) is 3.19. The molecule has 2 N–H and O–H groups in total. The zero-order valence-corrected chi connectivity index (χ0v) is 14.2. The molecule has 0 saturated heterocycles. The molecule has 1 aromatic carbocycles. The number of nitrogens with two attached hydrogens (primary N) is 1. The fourth-order valence-electron chi connectivity index (χ4n) is 2.11. The van der Waals surface area contributed by atoms with Crippen molar-refractivity contribution in [2.75, 3.05) is 40.8 Å². The van der Waals surface area contributed by atoms with Gasteiger partial charge in [0.25, 0.3) is 0 Å². The van der Waals surface area contributed by atoms with Crippen LogP contribution in [0.4, 0.5) is 0 Å². The largest absolute Gasteiger partial charge is 0.329 e. The molecule has 0 aliphatic rings. The summed E-state index contributed by atoms with van der Waals surface area (Å²) in [5.41, 5.74) is 7.02. The highest BCUT2D eigenvalue weighted by Gasteiger charge is 2.18. The van der Waals surface area contributed by atoms with E-state index in [1.807, 2.05) is 18.2 Å². The van der Waals surface area contributed by atoms with Crippen LogP contribution < -0.4 is 5.73 Å². The van der Waals surface area contributed by atoms with E-state index in [1.54, 1.807) is 0 Å². The highest BCUT2D eigenvalue weighted by atomic mass is 79.9. The van der Waals surface area contributed by atoms with E-state index in [4.69, 9.17) is 17.3 Å². The lowest BCUT2D eigenvalue weighted by molar-refractivity contribution is 0.235. The van der Waals surface area contributed by atoms with Gasteiger partial charge in [0.05, 0.1) is 0 Å². The van der Waals surface area contributed by atoms with Crippen LogP contribution in [0.25, 0.3) is 0 Å². The molecule has 19 heavy (non-hydrogen) atoms. The predicted molar refractivity (Wildman–Crippen MR) is 86.7 cm³/mol. The lowest BCUT2D eigenvalue weighted by atomic mass is 10.1. The zero-order chi connectivity index (χ0) is 14.4. The van der Waals surface area contributed by atoms with Gasteiger partial charge in [0.15, 0.2) is 0 Å². The minimum Gasteiger partial charge on any atom is -0.329 e. The fourth-order valence-corrected chi connectivity index (χ4v) is 2.91. The van der Waals surface area contributed by atoms with Gasteiger partial charge in [-0.25, -0.2) is 0 Å². The SMILES string of the molecule is CN(C)CCCN(C)C(CN)c1ccc(Br)cc1Cl. The second kappa shape index (κ2) is 8.22. The Bertz CT molecular complexity index is 398. The minimum atomic E-state index is 0.169. The van der Waals surface area contributed by atoms with E-state index in [9.17, 15) is 0 Å². The quantitative estimate of drug-likeness (QED) is 0.822. The molecule has 0 fully saturated rings. The zero-order valence-electron chi connectivity index (χ0n) is 11.9. The third-order valence-corrected chi connectivity index (χ3v) is 4.01. The highest BCUT2D eigenvalue weighted by molar-refractivity contribution is 9.10.